The Kier molecular flexibility index (Phi) is 22.7. The highest BCUT2D eigenvalue weighted by atomic mass is 32.2. The van der Waals surface area contributed by atoms with Crippen molar-refractivity contribution >= 4 is 34.7 Å². The predicted molar refractivity (Wildman–Crippen MR) is 258 cm³/mol. The summed E-state index contributed by atoms with van der Waals surface area (Å²) in [6, 6.07) is -2.22. The topological polar surface area (TPSA) is 224 Å². The molecule has 1 amide bonds. The monoisotopic (exact) mass is 962 g/mol. The van der Waals surface area contributed by atoms with E-state index in [1.165, 1.54) is 12.0 Å². The molecule has 2 bridgehead atoms. The number of fused-ring (bicyclic) bond motifs is 3. The van der Waals surface area contributed by atoms with Crippen LogP contribution in [0.3, 0.4) is 0 Å². The molecule has 0 radical (unpaired) electrons. The van der Waals surface area contributed by atoms with Crippen molar-refractivity contribution in [1.82, 2.24) is 9.62 Å². The normalized spacial score (nSPS) is 40.2. The van der Waals surface area contributed by atoms with Crippen LogP contribution in [0.2, 0.25) is 0 Å². The van der Waals surface area contributed by atoms with Crippen LogP contribution >= 0.6 is 0 Å². The van der Waals surface area contributed by atoms with E-state index in [1.807, 2.05) is 51.2 Å². The van der Waals surface area contributed by atoms with E-state index in [4.69, 9.17) is 24.7 Å². The lowest BCUT2D eigenvalue weighted by molar-refractivity contribution is -0.264. The average Bonchev–Trinajstić information content (AvgIpc) is 3.28. The lowest BCUT2D eigenvalue weighted by Gasteiger charge is -2.43. The Morgan fingerprint density at radius 3 is 2.36 bits per heavy atom. The van der Waals surface area contributed by atoms with Crippen molar-refractivity contribution in [3.8, 4) is 0 Å². The van der Waals surface area contributed by atoms with Gasteiger partial charge in [-0.2, -0.15) is 0 Å². The van der Waals surface area contributed by atoms with E-state index in [1.54, 1.807) is 27.0 Å². The lowest BCUT2D eigenvalue weighted by Crippen LogP contribution is -2.61. The van der Waals surface area contributed by atoms with E-state index >= 15 is 0 Å². The zero-order valence-corrected chi connectivity index (χ0v) is 42.4. The number of allylic oxidation sites excluding steroid dienone is 5. The molecule has 4 rings (SSSR count). The molecule has 15 nitrogen and oxygen atoms in total. The number of carbonyl (C=O) groups is 4. The second-order valence-electron chi connectivity index (χ2n) is 20.4. The minimum absolute atomic E-state index is 0.0228. The van der Waals surface area contributed by atoms with E-state index < -0.39 is 89.1 Å². The van der Waals surface area contributed by atoms with E-state index in [0.29, 0.717) is 68.8 Å². The molecule has 16 atom stereocenters. The van der Waals surface area contributed by atoms with E-state index in [9.17, 15) is 38.2 Å². The number of aliphatic hydroxyl groups is 2. The van der Waals surface area contributed by atoms with Crippen LogP contribution in [-0.4, -0.2) is 123 Å². The van der Waals surface area contributed by atoms with Crippen molar-refractivity contribution in [3.05, 3.63) is 47.6 Å². The molecule has 0 aromatic carbocycles. The van der Waals surface area contributed by atoms with Gasteiger partial charge < -0.3 is 39.8 Å². The number of Topliss-reactive ketones (excluding diaryl/α,β-unsaturated/α-hetero) is 2. The molecule has 3 aliphatic heterocycles. The summed E-state index contributed by atoms with van der Waals surface area (Å²) in [5, 5.41) is 23.4. The van der Waals surface area contributed by atoms with Crippen LogP contribution in [0.5, 0.6) is 0 Å². The first-order valence-electron chi connectivity index (χ1n) is 24.7. The van der Waals surface area contributed by atoms with Crippen LogP contribution < -0.4 is 10.5 Å². The zero-order chi connectivity index (χ0) is 49.6. The van der Waals surface area contributed by atoms with E-state index in [0.717, 1.165) is 31.3 Å². The number of piperidine rings is 1. The van der Waals surface area contributed by atoms with Crippen molar-refractivity contribution in [2.45, 2.75) is 193 Å². The summed E-state index contributed by atoms with van der Waals surface area (Å²) in [6.45, 7) is 13.5. The van der Waals surface area contributed by atoms with Gasteiger partial charge in [-0.05, 0) is 133 Å². The maximum atomic E-state index is 14.4. The molecule has 16 heteroatoms. The van der Waals surface area contributed by atoms with Crippen LogP contribution in [0.15, 0.2) is 47.6 Å². The molecule has 4 aliphatic rings. The Balaban J connectivity index is 1.68. The highest BCUT2D eigenvalue weighted by molar-refractivity contribution is 7.77. The molecule has 67 heavy (non-hydrogen) atoms. The quantitative estimate of drug-likeness (QED) is 0.0803. The van der Waals surface area contributed by atoms with Gasteiger partial charge >= 0.3 is 5.97 Å². The van der Waals surface area contributed by atoms with Crippen LogP contribution in [0.4, 0.5) is 0 Å². The molecular weight excluding hydrogens is 879 g/mol. The fourth-order valence-corrected chi connectivity index (χ4v) is 11.1. The summed E-state index contributed by atoms with van der Waals surface area (Å²) in [7, 11) is 3.15. The summed E-state index contributed by atoms with van der Waals surface area (Å²) in [6.07, 6.45) is 15.4. The molecule has 0 spiro atoms. The third-order valence-electron chi connectivity index (χ3n) is 14.8. The van der Waals surface area contributed by atoms with Gasteiger partial charge in [0.15, 0.2) is 5.78 Å². The number of hydrogen-bond acceptors (Lipinski definition) is 12. The number of aliphatic hydroxyl groups excluding tert-OH is 1. The molecule has 2 saturated heterocycles. The van der Waals surface area contributed by atoms with E-state index in [-0.39, 0.29) is 43.1 Å². The van der Waals surface area contributed by atoms with Crippen LogP contribution in [0, 0.1) is 35.5 Å². The first-order chi connectivity index (χ1) is 31.7. The number of rotatable bonds is 7. The number of amides is 1. The maximum absolute atomic E-state index is 14.4. The highest BCUT2D eigenvalue weighted by Crippen LogP contribution is 2.38. The minimum atomic E-state index is -2.48. The molecule has 380 valence electrons. The van der Waals surface area contributed by atoms with Crippen LogP contribution in [-0.2, 0) is 49.4 Å². The molecule has 2 unspecified atom stereocenters. The maximum Gasteiger partial charge on any atom is 0.329 e. The molecule has 1 saturated carbocycles. The van der Waals surface area contributed by atoms with Crippen molar-refractivity contribution in [1.29, 1.82) is 0 Å². The molecule has 0 aromatic heterocycles. The number of esters is 1. The smallest absolute Gasteiger partial charge is 0.329 e. The largest absolute Gasteiger partial charge is 0.461 e. The predicted octanol–water partition coefficient (Wildman–Crippen LogP) is 6.44. The van der Waals surface area contributed by atoms with Crippen molar-refractivity contribution in [2.75, 3.05) is 20.8 Å². The third kappa shape index (κ3) is 16.3. The Bertz CT molecular complexity index is 1800. The molecule has 0 aromatic rings. The molecular formula is C51H83N3O12S. The molecule has 1 aliphatic carbocycles. The first kappa shape index (κ1) is 56.7. The molecule has 3 fully saturated rings. The fourth-order valence-electron chi connectivity index (χ4n) is 10.7. The average molecular weight is 962 g/mol. The van der Waals surface area contributed by atoms with Gasteiger partial charge in [0.2, 0.25) is 17.1 Å². The number of carbonyl (C=O) groups excluding carboxylic acids is 4. The summed E-state index contributed by atoms with van der Waals surface area (Å²) in [4.78, 5) is 57.8. The Labute approximate surface area is 402 Å². The lowest BCUT2D eigenvalue weighted by atomic mass is 9.76. The number of ether oxygens (including phenoxy) is 4. The fraction of sp³-hybridized carbons (Fsp3) is 0.765. The minimum Gasteiger partial charge on any atom is -0.461 e. The summed E-state index contributed by atoms with van der Waals surface area (Å²) in [5.41, 5.74) is 8.06. The standard InChI is InChI=1S/C51H83N3O12S/c1-31-15-11-10-12-16-32(2)26-40(53-67(61)62)30-41-22-19-37(7)51(60,66-41)48(57)49(58)54-24-14-13-17-42(54)50(59)65-43(34(4)27-38-20-18-33(3)44(29-38)63-8)23-21-39(52)28-36(6)46(56)47(64-9)45(55)35(5)25-31/h10-12,15-16,28,31,33-35,37-44,46-47,53,56,60H,13-14,17-27,29-30,52H2,1-9H3,(H,61,62)/b12-10+,15-11+,32-16+,36-28+/t31-,33-,34-,35-,37-,38?,39+,40+,41+,42+,43+,44-,46-,47+,51-/m1/s1. The number of methoxy groups -OCH3 is 2. The Hall–Kier alpha value is -2.93. The second kappa shape index (κ2) is 26.9. The number of nitrogens with zero attached hydrogens (tertiary/aromatic N) is 1. The van der Waals surface area contributed by atoms with E-state index in [2.05, 4.69) is 18.6 Å². The third-order valence-corrected chi connectivity index (χ3v) is 15.4. The van der Waals surface area contributed by atoms with Gasteiger partial charge in [-0.25, -0.2) is 13.7 Å². The Morgan fingerprint density at radius 2 is 1.67 bits per heavy atom. The van der Waals surface area contributed by atoms with Crippen molar-refractivity contribution in [3.63, 3.8) is 0 Å². The zero-order valence-electron chi connectivity index (χ0n) is 41.6. The number of ketones is 2. The summed E-state index contributed by atoms with van der Waals surface area (Å²) in [5.74, 6) is -5.98. The highest BCUT2D eigenvalue weighted by Gasteiger charge is 2.53. The first-order valence-corrected chi connectivity index (χ1v) is 25.8. The second-order valence-corrected chi connectivity index (χ2v) is 21.2. The van der Waals surface area contributed by atoms with Gasteiger partial charge in [-0.3, -0.25) is 18.9 Å². The number of nitrogens with one attached hydrogen (secondary N) is 1. The Morgan fingerprint density at radius 1 is 0.940 bits per heavy atom. The summed E-state index contributed by atoms with van der Waals surface area (Å²) >= 11 is -2.37. The number of hydrogen-bond donors (Lipinski definition) is 5. The van der Waals surface area contributed by atoms with Crippen molar-refractivity contribution < 1.29 is 57.1 Å². The van der Waals surface area contributed by atoms with Gasteiger partial charge in [0.05, 0.1) is 12.2 Å². The van der Waals surface area contributed by atoms with Crippen molar-refractivity contribution in [2.24, 2.45) is 41.2 Å². The summed E-state index contributed by atoms with van der Waals surface area (Å²) < 4.78 is 48.5. The number of cyclic esters (lactones) is 1. The van der Waals surface area contributed by atoms with Gasteiger partial charge in [-0.15, -0.1) is 0 Å². The number of nitrogens with two attached hydrogens (primary N) is 1. The van der Waals surface area contributed by atoms with Crippen LogP contribution in [0.1, 0.15) is 138 Å². The SMILES string of the molecule is CO[C@@H]1CC(C[C@@H](C)[C@@H]2CC[C@H](N)/C=C(\C)[C@@H](O)[C@@H](OC)C(=O)[C@H](C)C[C@H](C)/C=C/C=C/C=C(\C)C[C@H](NS(=O)O)C[C@@H]3CC[C@@H](C)[C@@](O)(O3)C(=O)C(=O)N3CCCC[C@H]3C(=O)O2)CC[C@H]1C. The van der Waals surface area contributed by atoms with Gasteiger partial charge in [0.25, 0.3) is 11.7 Å². The van der Waals surface area contributed by atoms with Crippen LogP contribution in [0.25, 0.3) is 0 Å². The molecule has 3 heterocycles. The molecule has 6 N–H and O–H groups in total. The van der Waals surface area contributed by atoms with Gasteiger partial charge in [0.1, 0.15) is 24.4 Å². The van der Waals surface area contributed by atoms with Gasteiger partial charge in [0, 0.05) is 44.7 Å². The van der Waals surface area contributed by atoms with Gasteiger partial charge in [-0.1, -0.05) is 76.6 Å².